The van der Waals surface area contributed by atoms with E-state index in [0.717, 1.165) is 11.4 Å². The normalized spacial score (nSPS) is 11.4. The molecule has 43 heavy (non-hydrogen) atoms. The van der Waals surface area contributed by atoms with Crippen LogP contribution in [0.1, 0.15) is 5.56 Å². The topological polar surface area (TPSA) is 38.0 Å². The molecular weight excluding hydrogens is 520 g/mol. The number of hydrogen-bond acceptors (Lipinski definition) is 2. The van der Waals surface area contributed by atoms with Gasteiger partial charge in [0.2, 0.25) is 0 Å². The highest BCUT2D eigenvalue weighted by atomic mass is 14.9. The smallest absolute Gasteiger partial charge is 0.0576 e. The molecule has 8 aromatic rings. The van der Waals surface area contributed by atoms with Crippen molar-refractivity contribution in [2.75, 3.05) is 11.1 Å². The molecule has 204 valence electrons. The van der Waals surface area contributed by atoms with Gasteiger partial charge in [-0.2, -0.15) is 0 Å². The van der Waals surface area contributed by atoms with Crippen LogP contribution in [0.3, 0.4) is 0 Å². The Morgan fingerprint density at radius 2 is 1.00 bits per heavy atom. The van der Waals surface area contributed by atoms with Gasteiger partial charge < -0.3 is 11.1 Å². The van der Waals surface area contributed by atoms with E-state index in [1.807, 2.05) is 24.3 Å². The molecule has 0 aliphatic carbocycles. The summed E-state index contributed by atoms with van der Waals surface area (Å²) in [4.78, 5) is 0. The van der Waals surface area contributed by atoms with Crippen molar-refractivity contribution in [1.29, 1.82) is 0 Å². The van der Waals surface area contributed by atoms with Gasteiger partial charge in [-0.25, -0.2) is 0 Å². The minimum Gasteiger partial charge on any atom is -0.397 e. The van der Waals surface area contributed by atoms with Crippen molar-refractivity contribution in [1.82, 2.24) is 0 Å². The number of rotatable bonds is 6. The maximum atomic E-state index is 6.14. The number of nitrogens with two attached hydrogens (primary N) is 1. The summed E-state index contributed by atoms with van der Waals surface area (Å²) in [6.07, 6.45) is 0. The van der Waals surface area contributed by atoms with Gasteiger partial charge in [-0.3, -0.25) is 0 Å². The third kappa shape index (κ3) is 4.45. The Balaban J connectivity index is 1.26. The quantitative estimate of drug-likeness (QED) is 0.160. The predicted molar refractivity (Wildman–Crippen MR) is 185 cm³/mol. The Morgan fingerprint density at radius 3 is 1.65 bits per heavy atom. The average Bonchev–Trinajstić information content (AvgIpc) is 3.07. The van der Waals surface area contributed by atoms with Gasteiger partial charge in [0.05, 0.1) is 11.4 Å². The number of nitrogen functional groups attached to an aromatic ring is 1. The molecule has 0 atom stereocenters. The molecule has 2 nitrogen and oxygen atoms in total. The third-order valence-corrected chi connectivity index (χ3v) is 8.66. The second-order valence-electron chi connectivity index (χ2n) is 11.2. The molecule has 0 amide bonds. The van der Waals surface area contributed by atoms with Crippen LogP contribution in [0.5, 0.6) is 0 Å². The van der Waals surface area contributed by atoms with E-state index in [1.54, 1.807) is 0 Å². The van der Waals surface area contributed by atoms with E-state index >= 15 is 0 Å². The first kappa shape index (κ1) is 25.1. The Morgan fingerprint density at radius 1 is 0.442 bits per heavy atom. The van der Waals surface area contributed by atoms with Crippen LogP contribution >= 0.6 is 0 Å². The first-order valence-electron chi connectivity index (χ1n) is 14.8. The van der Waals surface area contributed by atoms with Crippen LogP contribution in [0.2, 0.25) is 0 Å². The van der Waals surface area contributed by atoms with Crippen LogP contribution in [0.4, 0.5) is 11.4 Å². The Hall–Kier alpha value is -5.60. The van der Waals surface area contributed by atoms with Gasteiger partial charge in [-0.05, 0) is 89.5 Å². The second kappa shape index (κ2) is 10.3. The summed E-state index contributed by atoms with van der Waals surface area (Å²) >= 11 is 0. The molecule has 8 rings (SSSR count). The summed E-state index contributed by atoms with van der Waals surface area (Å²) in [7, 11) is 0. The lowest BCUT2D eigenvalue weighted by Gasteiger charge is -2.18. The molecule has 0 bridgehead atoms. The lowest BCUT2D eigenvalue weighted by atomic mass is 9.85. The van der Waals surface area contributed by atoms with Crippen molar-refractivity contribution in [3.8, 4) is 33.4 Å². The first-order chi connectivity index (χ1) is 21.2. The second-order valence-corrected chi connectivity index (χ2v) is 11.2. The van der Waals surface area contributed by atoms with E-state index in [9.17, 15) is 0 Å². The van der Waals surface area contributed by atoms with Crippen molar-refractivity contribution in [2.24, 2.45) is 0 Å². The molecule has 0 saturated heterocycles. The maximum Gasteiger partial charge on any atom is 0.0576 e. The highest BCUT2D eigenvalue weighted by Crippen LogP contribution is 2.44. The van der Waals surface area contributed by atoms with E-state index in [1.165, 1.54) is 71.3 Å². The lowest BCUT2D eigenvalue weighted by Crippen LogP contribution is -2.02. The first-order valence-corrected chi connectivity index (χ1v) is 14.8. The summed E-state index contributed by atoms with van der Waals surface area (Å²) in [5.41, 5.74) is 16.5. The van der Waals surface area contributed by atoms with Crippen LogP contribution in [-0.2, 0) is 6.54 Å². The van der Waals surface area contributed by atoms with Crippen LogP contribution in [0, 0.1) is 0 Å². The van der Waals surface area contributed by atoms with E-state index in [2.05, 4.69) is 133 Å². The predicted octanol–water partition coefficient (Wildman–Crippen LogP) is 10.8. The number of anilines is 2. The van der Waals surface area contributed by atoms with E-state index in [-0.39, 0.29) is 0 Å². The molecule has 2 heteroatoms. The van der Waals surface area contributed by atoms with Crippen molar-refractivity contribution < 1.29 is 0 Å². The molecular formula is C41H30N2. The van der Waals surface area contributed by atoms with Crippen LogP contribution in [0.25, 0.3) is 65.7 Å². The third-order valence-electron chi connectivity index (χ3n) is 8.66. The molecule has 0 saturated carbocycles. The highest BCUT2D eigenvalue weighted by molar-refractivity contribution is 6.28. The van der Waals surface area contributed by atoms with Gasteiger partial charge in [0, 0.05) is 6.54 Å². The summed E-state index contributed by atoms with van der Waals surface area (Å²) in [6.45, 7) is 0.714. The van der Waals surface area contributed by atoms with Gasteiger partial charge >= 0.3 is 0 Å². The SMILES string of the molecule is Nc1ccccc1NCc1ccc(-c2cc(-c3ccc(-c4ccccc4)cc3)c3ccc4cccc5ccc2c3c54)cc1. The summed E-state index contributed by atoms with van der Waals surface area (Å²) in [6, 6.07) is 54.6. The molecule has 0 unspecified atom stereocenters. The minimum atomic E-state index is 0.714. The molecule has 3 N–H and O–H groups in total. The van der Waals surface area contributed by atoms with Gasteiger partial charge in [0.15, 0.2) is 0 Å². The van der Waals surface area contributed by atoms with E-state index in [4.69, 9.17) is 5.73 Å². The minimum absolute atomic E-state index is 0.714. The molecule has 0 spiro atoms. The standard InChI is InChI=1S/C41H30N2/c42-38-11-4-5-12-39(38)43-26-27-13-15-30(16-14-27)36-25-37(31-19-17-29(18-20-31)28-7-2-1-3-8-28)35-24-22-33-10-6-9-32-21-23-34(36)41(35)40(32)33/h1-25,43H,26,42H2. The summed E-state index contributed by atoms with van der Waals surface area (Å²) in [5.74, 6) is 0. The Labute approximate surface area is 251 Å². The van der Waals surface area contributed by atoms with Crippen LogP contribution < -0.4 is 11.1 Å². The summed E-state index contributed by atoms with van der Waals surface area (Å²) in [5, 5.41) is 11.3. The molecule has 8 aromatic carbocycles. The zero-order valence-corrected chi connectivity index (χ0v) is 23.7. The highest BCUT2D eigenvalue weighted by Gasteiger charge is 2.16. The molecule has 0 fully saturated rings. The van der Waals surface area contributed by atoms with Gasteiger partial charge in [-0.1, -0.05) is 133 Å². The number of para-hydroxylation sites is 2. The largest absolute Gasteiger partial charge is 0.397 e. The molecule has 0 heterocycles. The monoisotopic (exact) mass is 550 g/mol. The fourth-order valence-electron chi connectivity index (χ4n) is 6.44. The fourth-order valence-corrected chi connectivity index (χ4v) is 6.44. The van der Waals surface area contributed by atoms with Crippen molar-refractivity contribution >= 4 is 43.7 Å². The van der Waals surface area contributed by atoms with Gasteiger partial charge in [0.25, 0.3) is 0 Å². The molecule has 0 aromatic heterocycles. The van der Waals surface area contributed by atoms with E-state index in [0.29, 0.717) is 6.54 Å². The number of nitrogens with one attached hydrogen (secondary N) is 1. The Bertz CT molecular complexity index is 2200. The van der Waals surface area contributed by atoms with E-state index < -0.39 is 0 Å². The zero-order valence-electron chi connectivity index (χ0n) is 23.7. The van der Waals surface area contributed by atoms with Crippen LogP contribution in [-0.4, -0.2) is 0 Å². The van der Waals surface area contributed by atoms with Gasteiger partial charge in [0.1, 0.15) is 0 Å². The fraction of sp³-hybridized carbons (Fsp3) is 0.0244. The van der Waals surface area contributed by atoms with Crippen molar-refractivity contribution in [2.45, 2.75) is 6.54 Å². The summed E-state index contributed by atoms with van der Waals surface area (Å²) < 4.78 is 0. The lowest BCUT2D eigenvalue weighted by molar-refractivity contribution is 1.15. The van der Waals surface area contributed by atoms with Crippen molar-refractivity contribution in [3.63, 3.8) is 0 Å². The Kier molecular flexibility index (Phi) is 6.05. The zero-order chi connectivity index (χ0) is 28.8. The average molecular weight is 551 g/mol. The number of benzene rings is 8. The molecule has 0 radical (unpaired) electrons. The number of hydrogen-bond donors (Lipinski definition) is 2. The van der Waals surface area contributed by atoms with Gasteiger partial charge in [-0.15, -0.1) is 0 Å². The maximum absolute atomic E-state index is 6.14. The molecule has 0 aliphatic rings. The van der Waals surface area contributed by atoms with Crippen LogP contribution in [0.15, 0.2) is 152 Å². The van der Waals surface area contributed by atoms with Crippen molar-refractivity contribution in [3.05, 3.63) is 157 Å². The molecule has 0 aliphatic heterocycles.